The standard InChI is InChI=1S/C13H14FNO4/c14-9-1-2-11(10(7-9)13(17)18)15-12(16)8-3-5-19-6-4-8/h1-2,7-8H,3-6H2,(H,15,16)(H,17,18). The van der Waals surface area contributed by atoms with Gasteiger partial charge >= 0.3 is 5.97 Å². The number of carboxylic acid groups (broad SMARTS) is 1. The first kappa shape index (κ1) is 13.5. The first-order chi connectivity index (χ1) is 9.08. The van der Waals surface area contributed by atoms with Crippen LogP contribution in [0.3, 0.4) is 0 Å². The molecule has 0 saturated carbocycles. The van der Waals surface area contributed by atoms with E-state index in [-0.39, 0.29) is 23.1 Å². The van der Waals surface area contributed by atoms with Crippen molar-refractivity contribution in [3.8, 4) is 0 Å². The Labute approximate surface area is 109 Å². The van der Waals surface area contributed by atoms with E-state index in [1.54, 1.807) is 0 Å². The number of benzene rings is 1. The van der Waals surface area contributed by atoms with Gasteiger partial charge in [0.2, 0.25) is 5.91 Å². The maximum absolute atomic E-state index is 13.0. The fraction of sp³-hybridized carbons (Fsp3) is 0.385. The molecule has 102 valence electrons. The molecule has 0 aliphatic carbocycles. The second-order valence-corrected chi connectivity index (χ2v) is 4.37. The van der Waals surface area contributed by atoms with Gasteiger partial charge in [0, 0.05) is 19.1 Å². The van der Waals surface area contributed by atoms with E-state index in [4.69, 9.17) is 9.84 Å². The smallest absolute Gasteiger partial charge is 0.337 e. The quantitative estimate of drug-likeness (QED) is 0.876. The molecular weight excluding hydrogens is 253 g/mol. The van der Waals surface area contributed by atoms with E-state index in [0.29, 0.717) is 26.1 Å². The predicted octanol–water partition coefficient (Wildman–Crippen LogP) is 1.89. The fourth-order valence-corrected chi connectivity index (χ4v) is 2.00. The molecule has 1 fully saturated rings. The van der Waals surface area contributed by atoms with E-state index in [1.807, 2.05) is 0 Å². The van der Waals surface area contributed by atoms with E-state index < -0.39 is 11.8 Å². The van der Waals surface area contributed by atoms with Gasteiger partial charge in [-0.25, -0.2) is 9.18 Å². The highest BCUT2D eigenvalue weighted by molar-refractivity contribution is 6.01. The van der Waals surface area contributed by atoms with Crippen LogP contribution in [-0.4, -0.2) is 30.2 Å². The number of amides is 1. The highest BCUT2D eigenvalue weighted by atomic mass is 19.1. The number of halogens is 1. The molecule has 2 rings (SSSR count). The van der Waals surface area contributed by atoms with Crippen molar-refractivity contribution < 1.29 is 23.8 Å². The van der Waals surface area contributed by atoms with Crippen LogP contribution in [-0.2, 0) is 9.53 Å². The maximum Gasteiger partial charge on any atom is 0.337 e. The summed E-state index contributed by atoms with van der Waals surface area (Å²) in [5, 5.41) is 11.5. The summed E-state index contributed by atoms with van der Waals surface area (Å²) < 4.78 is 18.2. The normalized spacial score (nSPS) is 16.1. The van der Waals surface area contributed by atoms with Crippen LogP contribution in [0.2, 0.25) is 0 Å². The summed E-state index contributed by atoms with van der Waals surface area (Å²) in [5.41, 5.74) is -0.134. The van der Waals surface area contributed by atoms with Gasteiger partial charge < -0.3 is 15.2 Å². The van der Waals surface area contributed by atoms with E-state index in [2.05, 4.69) is 5.32 Å². The van der Waals surface area contributed by atoms with Gasteiger partial charge in [-0.2, -0.15) is 0 Å². The predicted molar refractivity (Wildman–Crippen MR) is 65.5 cm³/mol. The lowest BCUT2D eigenvalue weighted by molar-refractivity contribution is -0.122. The lowest BCUT2D eigenvalue weighted by Gasteiger charge is -2.21. The van der Waals surface area contributed by atoms with E-state index in [1.165, 1.54) is 6.07 Å². The molecule has 1 heterocycles. The Balaban J connectivity index is 2.13. The van der Waals surface area contributed by atoms with Crippen molar-refractivity contribution in [2.75, 3.05) is 18.5 Å². The SMILES string of the molecule is O=C(O)c1cc(F)ccc1NC(=O)C1CCOCC1. The third-order valence-electron chi connectivity index (χ3n) is 3.06. The minimum absolute atomic E-state index is 0.116. The second kappa shape index (κ2) is 5.79. The molecule has 1 aromatic carbocycles. The molecule has 0 bridgehead atoms. The Kier molecular flexibility index (Phi) is 4.11. The van der Waals surface area contributed by atoms with Crippen molar-refractivity contribution in [1.82, 2.24) is 0 Å². The molecule has 0 unspecified atom stereocenters. The number of carbonyl (C=O) groups is 2. The average Bonchev–Trinajstić information content (AvgIpc) is 2.41. The molecule has 5 nitrogen and oxygen atoms in total. The summed E-state index contributed by atoms with van der Waals surface area (Å²) in [5.74, 6) is -2.37. The monoisotopic (exact) mass is 267 g/mol. The molecule has 1 aromatic rings. The first-order valence-corrected chi connectivity index (χ1v) is 5.99. The summed E-state index contributed by atoms with van der Waals surface area (Å²) in [7, 11) is 0. The lowest BCUT2D eigenvalue weighted by Crippen LogP contribution is -2.29. The van der Waals surface area contributed by atoms with Crippen molar-refractivity contribution in [1.29, 1.82) is 0 Å². The Hall–Kier alpha value is -1.95. The Morgan fingerprint density at radius 1 is 1.32 bits per heavy atom. The zero-order chi connectivity index (χ0) is 13.8. The van der Waals surface area contributed by atoms with E-state index >= 15 is 0 Å². The van der Waals surface area contributed by atoms with Gasteiger partial charge in [-0.3, -0.25) is 4.79 Å². The number of carboxylic acids is 1. The summed E-state index contributed by atoms with van der Waals surface area (Å²) in [6.07, 6.45) is 1.21. The molecule has 0 spiro atoms. The third-order valence-corrected chi connectivity index (χ3v) is 3.06. The number of aromatic carboxylic acids is 1. The second-order valence-electron chi connectivity index (χ2n) is 4.37. The molecule has 1 saturated heterocycles. The lowest BCUT2D eigenvalue weighted by atomic mass is 9.99. The molecule has 2 N–H and O–H groups in total. The molecule has 6 heteroatoms. The summed E-state index contributed by atoms with van der Waals surface area (Å²) in [4.78, 5) is 23.0. The molecule has 0 atom stereocenters. The van der Waals surface area contributed by atoms with Gasteiger partial charge in [0.25, 0.3) is 0 Å². The van der Waals surface area contributed by atoms with Gasteiger partial charge in [0.15, 0.2) is 0 Å². The number of nitrogens with one attached hydrogen (secondary N) is 1. The Morgan fingerprint density at radius 2 is 2.00 bits per heavy atom. The topological polar surface area (TPSA) is 75.6 Å². The number of hydrogen-bond donors (Lipinski definition) is 2. The number of hydrogen-bond acceptors (Lipinski definition) is 3. The number of ether oxygens (including phenoxy) is 1. The van der Waals surface area contributed by atoms with Crippen LogP contribution in [0.1, 0.15) is 23.2 Å². The Morgan fingerprint density at radius 3 is 2.63 bits per heavy atom. The molecule has 0 aromatic heterocycles. The largest absolute Gasteiger partial charge is 0.478 e. The van der Waals surface area contributed by atoms with Crippen LogP contribution in [0.4, 0.5) is 10.1 Å². The highest BCUT2D eigenvalue weighted by Gasteiger charge is 2.23. The maximum atomic E-state index is 13.0. The molecule has 19 heavy (non-hydrogen) atoms. The number of rotatable bonds is 3. The first-order valence-electron chi connectivity index (χ1n) is 5.99. The summed E-state index contributed by atoms with van der Waals surface area (Å²) in [6, 6.07) is 3.27. The van der Waals surface area contributed by atoms with Crippen LogP contribution in [0, 0.1) is 11.7 Å². The van der Waals surface area contributed by atoms with Gasteiger partial charge in [0.05, 0.1) is 11.3 Å². The van der Waals surface area contributed by atoms with Crippen LogP contribution >= 0.6 is 0 Å². The van der Waals surface area contributed by atoms with E-state index in [9.17, 15) is 14.0 Å². The average molecular weight is 267 g/mol. The molecule has 1 aliphatic heterocycles. The van der Waals surface area contributed by atoms with Crippen molar-refractivity contribution in [3.05, 3.63) is 29.6 Å². The van der Waals surface area contributed by atoms with Crippen LogP contribution in [0.15, 0.2) is 18.2 Å². The van der Waals surface area contributed by atoms with Crippen molar-refractivity contribution in [3.63, 3.8) is 0 Å². The zero-order valence-corrected chi connectivity index (χ0v) is 10.2. The van der Waals surface area contributed by atoms with E-state index in [0.717, 1.165) is 12.1 Å². The van der Waals surface area contributed by atoms with Crippen LogP contribution < -0.4 is 5.32 Å². The van der Waals surface area contributed by atoms with Gasteiger partial charge in [-0.05, 0) is 31.0 Å². The number of carbonyl (C=O) groups excluding carboxylic acids is 1. The fourth-order valence-electron chi connectivity index (χ4n) is 2.00. The minimum atomic E-state index is -1.28. The molecular formula is C13H14FNO4. The Bertz CT molecular complexity index is 497. The van der Waals surface area contributed by atoms with Crippen molar-refractivity contribution in [2.24, 2.45) is 5.92 Å². The molecule has 0 radical (unpaired) electrons. The zero-order valence-electron chi connectivity index (χ0n) is 10.2. The highest BCUT2D eigenvalue weighted by Crippen LogP contribution is 2.21. The summed E-state index contributed by atoms with van der Waals surface area (Å²) in [6.45, 7) is 1.04. The van der Waals surface area contributed by atoms with Crippen LogP contribution in [0.5, 0.6) is 0 Å². The van der Waals surface area contributed by atoms with Crippen molar-refractivity contribution >= 4 is 17.6 Å². The van der Waals surface area contributed by atoms with Crippen LogP contribution in [0.25, 0.3) is 0 Å². The summed E-state index contributed by atoms with van der Waals surface area (Å²) >= 11 is 0. The van der Waals surface area contributed by atoms with Gasteiger partial charge in [-0.1, -0.05) is 0 Å². The van der Waals surface area contributed by atoms with Crippen molar-refractivity contribution in [2.45, 2.75) is 12.8 Å². The third kappa shape index (κ3) is 3.29. The van der Waals surface area contributed by atoms with Gasteiger partial charge in [-0.15, -0.1) is 0 Å². The molecule has 1 aliphatic rings. The number of anilines is 1. The van der Waals surface area contributed by atoms with Gasteiger partial charge in [0.1, 0.15) is 5.82 Å². The minimum Gasteiger partial charge on any atom is -0.478 e. The molecule has 1 amide bonds.